The van der Waals surface area contributed by atoms with E-state index in [9.17, 15) is 9.90 Å². The van der Waals surface area contributed by atoms with Gasteiger partial charge in [0.05, 0.1) is 23.5 Å². The fourth-order valence-electron chi connectivity index (χ4n) is 6.48. The molecule has 4 fully saturated rings. The second-order valence-corrected chi connectivity index (χ2v) is 9.82. The number of nitrogens with zero attached hydrogens (tertiary/aromatic N) is 3. The first-order chi connectivity index (χ1) is 16.0. The van der Waals surface area contributed by atoms with Gasteiger partial charge in [-0.05, 0) is 55.9 Å². The normalized spacial score (nSPS) is 30.1. The second kappa shape index (κ2) is 7.81. The van der Waals surface area contributed by atoms with Crippen molar-refractivity contribution in [3.05, 3.63) is 24.3 Å². The molecule has 2 atom stereocenters. The van der Waals surface area contributed by atoms with Crippen molar-refractivity contribution in [1.82, 2.24) is 25.4 Å². The first-order valence-corrected chi connectivity index (χ1v) is 11.6. The number of carbonyl (C=O) groups excluding carboxylic acids is 1. The number of nitrogens with one attached hydrogen (secondary N) is 3. The summed E-state index contributed by atoms with van der Waals surface area (Å²) < 4.78 is 10.4. The van der Waals surface area contributed by atoms with Crippen LogP contribution < -0.4 is 10.6 Å². The molecule has 0 aliphatic heterocycles. The summed E-state index contributed by atoms with van der Waals surface area (Å²) in [6.45, 7) is 0.763. The van der Waals surface area contributed by atoms with Crippen molar-refractivity contribution < 1.29 is 19.2 Å². The van der Waals surface area contributed by atoms with Crippen LogP contribution in [0.1, 0.15) is 42.7 Å². The van der Waals surface area contributed by atoms with Crippen LogP contribution in [0.25, 0.3) is 22.5 Å². The summed E-state index contributed by atoms with van der Waals surface area (Å²) in [5.74, 6) is 1.29. The predicted molar refractivity (Wildman–Crippen MR) is 120 cm³/mol. The van der Waals surface area contributed by atoms with E-state index in [1.54, 1.807) is 13.3 Å². The molecular formula is C23H28N6O4. The second-order valence-electron chi connectivity index (χ2n) is 9.82. The number of aromatic amines is 1. The Labute approximate surface area is 190 Å². The van der Waals surface area contributed by atoms with Crippen LogP contribution in [-0.4, -0.2) is 63.0 Å². The van der Waals surface area contributed by atoms with E-state index in [0.29, 0.717) is 36.5 Å². The maximum absolute atomic E-state index is 12.3. The van der Waals surface area contributed by atoms with Gasteiger partial charge in [-0.15, -0.1) is 0 Å². The fraction of sp³-hybridized carbons (Fsp3) is 0.565. The maximum atomic E-state index is 12.3. The van der Waals surface area contributed by atoms with E-state index in [1.165, 1.54) is 0 Å². The minimum atomic E-state index is -0.489. The van der Waals surface area contributed by atoms with Gasteiger partial charge < -0.3 is 30.0 Å². The number of aliphatic hydroxyl groups is 1. The Balaban J connectivity index is 1.32. The molecule has 4 saturated carbocycles. The summed E-state index contributed by atoms with van der Waals surface area (Å²) in [6, 6.07) is 2.24. The van der Waals surface area contributed by atoms with Crippen molar-refractivity contribution in [3.8, 4) is 11.5 Å². The summed E-state index contributed by atoms with van der Waals surface area (Å²) in [5.41, 5.74) is 1.82. The third-order valence-electron chi connectivity index (χ3n) is 7.59. The topological polar surface area (TPSA) is 138 Å². The summed E-state index contributed by atoms with van der Waals surface area (Å²) in [4.78, 5) is 24.3. The van der Waals surface area contributed by atoms with Crippen LogP contribution in [-0.2, 0) is 4.74 Å². The number of rotatable bonds is 7. The largest absolute Gasteiger partial charge is 0.390 e. The van der Waals surface area contributed by atoms with E-state index in [0.717, 1.165) is 48.8 Å². The van der Waals surface area contributed by atoms with Gasteiger partial charge in [0.2, 0.25) is 0 Å². The lowest BCUT2D eigenvalue weighted by Gasteiger charge is -2.58. The molecule has 3 aromatic rings. The highest BCUT2D eigenvalue weighted by Crippen LogP contribution is 2.56. The Morgan fingerprint density at radius 2 is 2.15 bits per heavy atom. The minimum Gasteiger partial charge on any atom is -0.390 e. The van der Waals surface area contributed by atoms with E-state index >= 15 is 0 Å². The van der Waals surface area contributed by atoms with E-state index in [2.05, 4.69) is 30.7 Å². The molecule has 4 N–H and O–H groups in total. The number of amides is 1. The van der Waals surface area contributed by atoms with E-state index in [-0.39, 0.29) is 17.8 Å². The molecule has 0 saturated heterocycles. The number of hydrogen-bond donors (Lipinski definition) is 4. The molecule has 3 aromatic heterocycles. The van der Waals surface area contributed by atoms with Crippen LogP contribution in [0, 0.1) is 17.8 Å². The molecule has 0 aromatic carbocycles. The number of pyridine rings is 1. The van der Waals surface area contributed by atoms with Gasteiger partial charge in [-0.25, -0.2) is 4.98 Å². The van der Waals surface area contributed by atoms with Gasteiger partial charge >= 0.3 is 0 Å². The summed E-state index contributed by atoms with van der Waals surface area (Å²) in [6.07, 6.45) is 8.51. The third-order valence-corrected chi connectivity index (χ3v) is 7.59. The predicted octanol–water partition coefficient (Wildman–Crippen LogP) is 2.34. The summed E-state index contributed by atoms with van der Waals surface area (Å²) in [5, 5.41) is 22.3. The van der Waals surface area contributed by atoms with Crippen LogP contribution >= 0.6 is 0 Å². The monoisotopic (exact) mass is 452 g/mol. The van der Waals surface area contributed by atoms with Gasteiger partial charge in [-0.1, -0.05) is 5.16 Å². The van der Waals surface area contributed by atoms with Crippen molar-refractivity contribution >= 4 is 22.6 Å². The quantitative estimate of drug-likeness (QED) is 0.401. The van der Waals surface area contributed by atoms with Gasteiger partial charge in [0, 0.05) is 37.5 Å². The van der Waals surface area contributed by atoms with Gasteiger partial charge in [0.15, 0.2) is 0 Å². The molecule has 4 aliphatic rings. The lowest BCUT2D eigenvalue weighted by atomic mass is 9.52. The highest BCUT2D eigenvalue weighted by Gasteiger charge is 2.54. The molecule has 33 heavy (non-hydrogen) atoms. The van der Waals surface area contributed by atoms with Crippen molar-refractivity contribution in [2.75, 3.05) is 25.6 Å². The minimum absolute atomic E-state index is 0.0296. The van der Waals surface area contributed by atoms with Crippen molar-refractivity contribution in [1.29, 1.82) is 0 Å². The van der Waals surface area contributed by atoms with Gasteiger partial charge in [-0.3, -0.25) is 4.79 Å². The smallest absolute Gasteiger partial charge is 0.292 e. The number of fused-ring (bicyclic) bond motifs is 1. The maximum Gasteiger partial charge on any atom is 0.292 e. The molecule has 0 spiro atoms. The Bertz CT molecular complexity index is 1170. The van der Waals surface area contributed by atoms with Gasteiger partial charge in [0.25, 0.3) is 17.6 Å². The zero-order chi connectivity index (χ0) is 22.6. The standard InChI is InChI=1S/C23H28N6O4/c1-32-5-4-25-21(30)20-28-22(33-29-20)16-11-26-19-15(2-3-24-19)18(16)27-17-13-6-12-7-14(17)10-23(31,8-12)9-13/h2-3,11-14,17,31H,4-10H2,1H3,(H,25,30)(H2,24,26,27)/t12?,13?,14?,17-,23+. The van der Waals surface area contributed by atoms with Crippen molar-refractivity contribution in [3.63, 3.8) is 0 Å². The molecule has 7 rings (SSSR count). The van der Waals surface area contributed by atoms with Crippen LogP contribution in [0.4, 0.5) is 5.69 Å². The Morgan fingerprint density at radius 3 is 2.91 bits per heavy atom. The number of aromatic nitrogens is 4. The molecule has 1 amide bonds. The van der Waals surface area contributed by atoms with Gasteiger partial charge in [-0.2, -0.15) is 4.98 Å². The number of ether oxygens (including phenoxy) is 1. The first-order valence-electron chi connectivity index (χ1n) is 11.6. The Hall–Kier alpha value is -2.98. The Kier molecular flexibility index (Phi) is 4.88. The SMILES string of the molecule is COCCNC(=O)c1noc(-c2cnc3[nH]ccc3c2N[C@H]2C3CC4CC2C[C@@](O)(C4)C3)n1. The zero-order valence-electron chi connectivity index (χ0n) is 18.5. The number of hydrogen-bond acceptors (Lipinski definition) is 8. The lowest BCUT2D eigenvalue weighted by Crippen LogP contribution is -2.59. The average molecular weight is 453 g/mol. The van der Waals surface area contributed by atoms with Crippen molar-refractivity contribution in [2.24, 2.45) is 17.8 Å². The molecule has 4 aliphatic carbocycles. The first kappa shape index (κ1) is 20.6. The number of anilines is 1. The molecule has 2 unspecified atom stereocenters. The van der Waals surface area contributed by atoms with E-state index in [1.807, 2.05) is 12.3 Å². The van der Waals surface area contributed by atoms with E-state index in [4.69, 9.17) is 9.26 Å². The molecule has 4 bridgehead atoms. The van der Waals surface area contributed by atoms with Crippen LogP contribution in [0.3, 0.4) is 0 Å². The van der Waals surface area contributed by atoms with Crippen LogP contribution in [0.15, 0.2) is 23.0 Å². The molecule has 0 radical (unpaired) electrons. The number of carbonyl (C=O) groups is 1. The van der Waals surface area contributed by atoms with Crippen molar-refractivity contribution in [2.45, 2.75) is 43.7 Å². The summed E-state index contributed by atoms with van der Waals surface area (Å²) in [7, 11) is 1.57. The molecular weight excluding hydrogens is 424 g/mol. The summed E-state index contributed by atoms with van der Waals surface area (Å²) >= 11 is 0. The third kappa shape index (κ3) is 3.57. The van der Waals surface area contributed by atoms with Crippen LogP contribution in [0.2, 0.25) is 0 Å². The van der Waals surface area contributed by atoms with Gasteiger partial charge in [0.1, 0.15) is 5.65 Å². The number of methoxy groups -OCH3 is 1. The molecule has 174 valence electrons. The van der Waals surface area contributed by atoms with E-state index < -0.39 is 11.5 Å². The highest BCUT2D eigenvalue weighted by molar-refractivity contribution is 5.97. The number of H-pyrrole nitrogens is 1. The fourth-order valence-corrected chi connectivity index (χ4v) is 6.48. The highest BCUT2D eigenvalue weighted by atomic mass is 16.5. The average Bonchev–Trinajstić information content (AvgIpc) is 3.45. The molecule has 3 heterocycles. The lowest BCUT2D eigenvalue weighted by molar-refractivity contribution is -0.129. The zero-order valence-corrected chi connectivity index (χ0v) is 18.5. The molecule has 10 nitrogen and oxygen atoms in total. The van der Waals surface area contributed by atoms with Crippen LogP contribution in [0.5, 0.6) is 0 Å². The Morgan fingerprint density at radius 1 is 1.33 bits per heavy atom. The molecule has 10 heteroatoms.